The Morgan fingerprint density at radius 1 is 1.02 bits per heavy atom. The minimum Gasteiger partial charge on any atom is -0.502 e. The molecule has 13 heteroatoms. The molecule has 1 saturated carbocycles. The smallest absolute Gasteiger partial charge is 0.423 e. The van der Waals surface area contributed by atoms with Crippen LogP contribution in [0.3, 0.4) is 0 Å². The van der Waals surface area contributed by atoms with E-state index < -0.39 is 70.5 Å². The summed E-state index contributed by atoms with van der Waals surface area (Å²) in [4.78, 5) is 69.3. The molecule has 2 aliphatic carbocycles. The largest absolute Gasteiger partial charge is 0.502 e. The molecule has 11 nitrogen and oxygen atoms in total. The van der Waals surface area contributed by atoms with Gasteiger partial charge in [-0.25, -0.2) is 14.1 Å². The summed E-state index contributed by atoms with van der Waals surface area (Å²) < 4.78 is 29.3. The Balaban J connectivity index is 1.49. The zero-order valence-electron chi connectivity index (χ0n) is 25.3. The summed E-state index contributed by atoms with van der Waals surface area (Å²) >= 11 is 6.03. The first kappa shape index (κ1) is 31.3. The first-order valence-electron chi connectivity index (χ1n) is 14.5. The lowest BCUT2D eigenvalue weighted by atomic mass is 9.52. The first-order chi connectivity index (χ1) is 21.9. The maximum Gasteiger partial charge on any atom is 0.423 e. The summed E-state index contributed by atoms with van der Waals surface area (Å²) in [5.41, 5.74) is -0.0258. The van der Waals surface area contributed by atoms with Gasteiger partial charge in [-0.2, -0.15) is 4.90 Å². The topological polar surface area (TPSA) is 140 Å². The highest BCUT2D eigenvalue weighted by molar-refractivity contribution is 6.31. The summed E-state index contributed by atoms with van der Waals surface area (Å²) in [6.45, 7) is 1.68. The Hall–Kier alpha value is -4.71. The monoisotopic (exact) mass is 652 g/mol. The van der Waals surface area contributed by atoms with Crippen LogP contribution in [0.25, 0.3) is 6.08 Å². The van der Waals surface area contributed by atoms with Crippen molar-refractivity contribution in [3.63, 3.8) is 0 Å². The van der Waals surface area contributed by atoms with E-state index in [9.17, 15) is 33.5 Å². The van der Waals surface area contributed by atoms with Crippen LogP contribution in [-0.4, -0.2) is 61.1 Å². The highest BCUT2D eigenvalue weighted by atomic mass is 35.5. The molecule has 5 amide bonds. The van der Waals surface area contributed by atoms with Gasteiger partial charge in [0, 0.05) is 5.92 Å². The van der Waals surface area contributed by atoms with Crippen LogP contribution in [0.15, 0.2) is 48.1 Å². The van der Waals surface area contributed by atoms with Crippen molar-refractivity contribution in [3.05, 3.63) is 64.5 Å². The molecule has 4 aliphatic rings. The number of likely N-dealkylation sites (tertiary alicyclic amines) is 1. The fraction of sp³-hybridized carbons (Fsp3) is 0.364. The molecule has 6 unspecified atom stereocenters. The number of carbonyl (C=O) groups is 5. The number of phenols is 1. The second kappa shape index (κ2) is 11.3. The van der Waals surface area contributed by atoms with Crippen LogP contribution in [0.2, 0.25) is 5.02 Å². The van der Waals surface area contributed by atoms with Crippen molar-refractivity contribution >= 4 is 53.1 Å². The number of anilines is 1. The number of aromatic hydroxyl groups is 1. The third-order valence-corrected chi connectivity index (χ3v) is 10.1. The van der Waals surface area contributed by atoms with Gasteiger partial charge in [-0.1, -0.05) is 35.4 Å². The molecule has 2 aliphatic heterocycles. The number of imide groups is 4. The SMILES string of the molecule is COC(=O)N1C(=O)C2CC=C3C(CC4C(=O)N(c5ccc(F)c(Cl)c5)C(=O)C4(C)C3C=Cc3cc(OC)c(O)c(OC)c3)C2C1=O. The number of hydrogen-bond acceptors (Lipinski definition) is 9. The number of hydrogen-bond donors (Lipinski definition) is 1. The molecule has 6 atom stereocenters. The third-order valence-electron chi connectivity index (χ3n) is 9.85. The minimum atomic E-state index is -1.36. The Labute approximate surface area is 268 Å². The van der Waals surface area contributed by atoms with Gasteiger partial charge in [0.05, 0.1) is 55.2 Å². The van der Waals surface area contributed by atoms with Crippen LogP contribution in [0.5, 0.6) is 17.2 Å². The lowest BCUT2D eigenvalue weighted by Gasteiger charge is -2.47. The minimum absolute atomic E-state index is 0.0543. The maximum atomic E-state index is 14.4. The van der Waals surface area contributed by atoms with E-state index in [1.165, 1.54) is 26.4 Å². The van der Waals surface area contributed by atoms with Crippen molar-refractivity contribution in [3.8, 4) is 17.2 Å². The van der Waals surface area contributed by atoms with Gasteiger partial charge in [-0.3, -0.25) is 19.2 Å². The van der Waals surface area contributed by atoms with Gasteiger partial charge in [0.2, 0.25) is 29.4 Å². The first-order valence-corrected chi connectivity index (χ1v) is 14.9. The molecular formula is C33H30ClFN2O9. The molecule has 0 bridgehead atoms. The number of halogens is 2. The standard InChI is InChI=1S/C33H30ClFN2O9/c1-33-20(9-5-15-11-24(44-2)27(38)25(12-15)45-3)17-7-8-18-26(30(41)37(28(18)39)32(43)46-4)19(17)14-21(33)29(40)36(31(33)42)16-6-10-23(35)22(34)13-16/h5-7,9-13,18-21,26,38H,8,14H2,1-4H3. The fourth-order valence-corrected chi connectivity index (χ4v) is 7.75. The van der Waals surface area contributed by atoms with Crippen LogP contribution in [0.4, 0.5) is 14.9 Å². The number of methoxy groups -OCH3 is 3. The molecule has 2 saturated heterocycles. The predicted octanol–water partition coefficient (Wildman–Crippen LogP) is 4.74. The van der Waals surface area contributed by atoms with Gasteiger partial charge in [0.15, 0.2) is 11.5 Å². The molecular weight excluding hydrogens is 623 g/mol. The Kier molecular flexibility index (Phi) is 7.66. The number of amides is 5. The Morgan fingerprint density at radius 2 is 1.70 bits per heavy atom. The van der Waals surface area contributed by atoms with Crippen LogP contribution in [0.1, 0.15) is 25.3 Å². The second-order valence-electron chi connectivity index (χ2n) is 11.9. The van der Waals surface area contributed by atoms with E-state index in [1.807, 2.05) is 6.08 Å². The third kappa shape index (κ3) is 4.41. The number of phenolic OH excluding ortho intramolecular Hbond substituents is 1. The molecule has 0 aromatic heterocycles. The van der Waals surface area contributed by atoms with Gasteiger partial charge in [-0.15, -0.1) is 0 Å². The number of ether oxygens (including phenoxy) is 3. The number of fused-ring (bicyclic) bond motifs is 4. The van der Waals surface area contributed by atoms with Gasteiger partial charge >= 0.3 is 6.09 Å². The van der Waals surface area contributed by atoms with Gasteiger partial charge in [0.1, 0.15) is 5.82 Å². The summed E-state index contributed by atoms with van der Waals surface area (Å²) in [5, 5.41) is 10.1. The van der Waals surface area contributed by atoms with E-state index in [4.69, 9.17) is 25.8 Å². The molecule has 2 heterocycles. The van der Waals surface area contributed by atoms with Crippen molar-refractivity contribution in [1.29, 1.82) is 0 Å². The Morgan fingerprint density at radius 3 is 2.30 bits per heavy atom. The summed E-state index contributed by atoms with van der Waals surface area (Å²) in [7, 11) is 3.85. The Bertz CT molecular complexity index is 1750. The molecule has 3 fully saturated rings. The molecule has 6 rings (SSSR count). The van der Waals surface area contributed by atoms with E-state index in [0.29, 0.717) is 16.0 Å². The van der Waals surface area contributed by atoms with E-state index in [1.54, 1.807) is 31.2 Å². The van der Waals surface area contributed by atoms with Crippen molar-refractivity contribution in [2.45, 2.75) is 19.8 Å². The number of allylic oxidation sites excluding steroid dienone is 3. The summed E-state index contributed by atoms with van der Waals surface area (Å²) in [5.74, 6) is -7.22. The van der Waals surface area contributed by atoms with E-state index in [-0.39, 0.29) is 40.8 Å². The van der Waals surface area contributed by atoms with Crippen molar-refractivity contribution in [2.75, 3.05) is 26.2 Å². The number of rotatable bonds is 5. The number of carbonyl (C=O) groups excluding carboxylic acids is 5. The van der Waals surface area contributed by atoms with Gasteiger partial charge in [0.25, 0.3) is 0 Å². The summed E-state index contributed by atoms with van der Waals surface area (Å²) in [6, 6.07) is 6.72. The van der Waals surface area contributed by atoms with Crippen molar-refractivity contribution in [1.82, 2.24) is 4.90 Å². The lowest BCUT2D eigenvalue weighted by molar-refractivity contribution is -0.138. The molecule has 1 N–H and O–H groups in total. The zero-order valence-corrected chi connectivity index (χ0v) is 26.0. The van der Waals surface area contributed by atoms with Crippen molar-refractivity contribution in [2.24, 2.45) is 35.0 Å². The van der Waals surface area contributed by atoms with E-state index in [0.717, 1.165) is 18.1 Å². The average molecular weight is 653 g/mol. The highest BCUT2D eigenvalue weighted by Gasteiger charge is 2.67. The van der Waals surface area contributed by atoms with Crippen LogP contribution in [-0.2, 0) is 23.9 Å². The molecule has 46 heavy (non-hydrogen) atoms. The predicted molar refractivity (Wildman–Crippen MR) is 161 cm³/mol. The fourth-order valence-electron chi connectivity index (χ4n) is 7.58. The van der Waals surface area contributed by atoms with E-state index >= 15 is 0 Å². The average Bonchev–Trinajstić information content (AvgIpc) is 3.41. The van der Waals surface area contributed by atoms with Crippen LogP contribution >= 0.6 is 11.6 Å². The van der Waals surface area contributed by atoms with Crippen LogP contribution < -0.4 is 14.4 Å². The van der Waals surface area contributed by atoms with Crippen LogP contribution in [0, 0.1) is 40.8 Å². The molecule has 240 valence electrons. The number of benzene rings is 2. The van der Waals surface area contributed by atoms with Gasteiger partial charge < -0.3 is 19.3 Å². The molecule has 0 spiro atoms. The van der Waals surface area contributed by atoms with Gasteiger partial charge in [-0.05, 0) is 61.6 Å². The second-order valence-corrected chi connectivity index (χ2v) is 12.3. The normalized spacial score (nSPS) is 28.7. The molecule has 2 aromatic carbocycles. The molecule has 0 radical (unpaired) electrons. The number of nitrogens with zero attached hydrogens (tertiary/aromatic N) is 2. The zero-order chi connectivity index (χ0) is 33.2. The highest BCUT2D eigenvalue weighted by Crippen LogP contribution is 2.61. The quantitative estimate of drug-likeness (QED) is 0.358. The maximum absolute atomic E-state index is 14.4. The van der Waals surface area contributed by atoms with Crippen molar-refractivity contribution < 1.29 is 47.7 Å². The van der Waals surface area contributed by atoms with E-state index in [2.05, 4.69) is 0 Å². The molecule has 2 aromatic rings. The lowest BCUT2D eigenvalue weighted by Crippen LogP contribution is -2.49. The summed E-state index contributed by atoms with van der Waals surface area (Å²) in [6.07, 6.45) is 4.39.